The lowest BCUT2D eigenvalue weighted by Gasteiger charge is -2.43. The molecule has 1 unspecified atom stereocenters. The van der Waals surface area contributed by atoms with Crippen LogP contribution in [0.25, 0.3) is 10.9 Å². The molecule has 0 aliphatic carbocycles. The Kier molecular flexibility index (Phi) is 7.94. The quantitative estimate of drug-likeness (QED) is 0.289. The van der Waals surface area contributed by atoms with Crippen molar-refractivity contribution in [1.82, 2.24) is 8.28 Å². The van der Waals surface area contributed by atoms with Crippen LogP contribution in [-0.2, 0) is 34.6 Å². The summed E-state index contributed by atoms with van der Waals surface area (Å²) < 4.78 is 56.1. The van der Waals surface area contributed by atoms with Crippen molar-refractivity contribution >= 4 is 39.8 Å². The number of aromatic nitrogens is 1. The molecule has 6 rings (SSSR count). The van der Waals surface area contributed by atoms with Crippen molar-refractivity contribution in [3.8, 4) is 0 Å². The summed E-state index contributed by atoms with van der Waals surface area (Å²) in [5.41, 5.74) is 0.460. The third-order valence-electron chi connectivity index (χ3n) is 8.82. The zero-order chi connectivity index (χ0) is 32.4. The molecule has 2 aliphatic heterocycles. The number of fused-ring (bicyclic) bond motifs is 2. The molecule has 0 amide bonds. The number of rotatable bonds is 8. The topological polar surface area (TPSA) is 99.5 Å². The largest absolute Gasteiger partial charge is 0.405 e. The first kappa shape index (κ1) is 32.1. The second-order valence-corrected chi connectivity index (χ2v) is 19.8. The lowest BCUT2D eigenvalue weighted by atomic mass is 10.0. The van der Waals surface area contributed by atoms with E-state index in [0.29, 0.717) is 10.9 Å². The molecule has 0 radical (unpaired) electrons. The number of ether oxygens (including phenoxy) is 3. The van der Waals surface area contributed by atoms with Crippen molar-refractivity contribution < 1.29 is 32.2 Å². The van der Waals surface area contributed by atoms with Gasteiger partial charge in [0.25, 0.3) is 8.32 Å². The van der Waals surface area contributed by atoms with E-state index in [2.05, 4.69) is 45.0 Å². The van der Waals surface area contributed by atoms with E-state index in [1.165, 1.54) is 14.1 Å². The van der Waals surface area contributed by atoms with Gasteiger partial charge in [-0.25, -0.2) is 3.97 Å². The molecule has 3 heterocycles. The van der Waals surface area contributed by atoms with E-state index in [4.69, 9.17) is 18.6 Å². The number of nitrogens with zero attached hydrogens (tertiary/aromatic N) is 2. The van der Waals surface area contributed by atoms with Gasteiger partial charge in [-0.15, -0.1) is 0 Å². The Morgan fingerprint density at radius 3 is 2.00 bits per heavy atom. The fourth-order valence-corrected chi connectivity index (χ4v) is 12.6. The lowest BCUT2D eigenvalue weighted by molar-refractivity contribution is -0.284. The molecule has 3 aromatic carbocycles. The minimum absolute atomic E-state index is 0.0432. The van der Waals surface area contributed by atoms with Crippen LogP contribution in [0.15, 0.2) is 91.0 Å². The minimum atomic E-state index is -4.08. The van der Waals surface area contributed by atoms with Crippen molar-refractivity contribution in [3.05, 3.63) is 96.7 Å². The fourth-order valence-electron chi connectivity index (χ4n) is 6.82. The van der Waals surface area contributed by atoms with Crippen LogP contribution in [-0.4, -0.2) is 74.9 Å². The van der Waals surface area contributed by atoms with Gasteiger partial charge in [0.05, 0.1) is 17.8 Å². The highest BCUT2D eigenvalue weighted by atomic mass is 32.2. The van der Waals surface area contributed by atoms with Crippen LogP contribution in [0.4, 0.5) is 0 Å². The number of para-hydroxylation sites is 1. The summed E-state index contributed by atoms with van der Waals surface area (Å²) in [5.74, 6) is -3.22. The van der Waals surface area contributed by atoms with Crippen LogP contribution in [0.5, 0.6) is 0 Å². The van der Waals surface area contributed by atoms with Gasteiger partial charge in [-0.2, -0.15) is 12.7 Å². The molecule has 2 fully saturated rings. The minimum Gasteiger partial charge on any atom is -0.405 e. The standard InChI is InChI=1S/C34H42N2O7SSi/c1-32(2,3)45(25-17-10-8-11-18-25,26-19-12-9-13-20-26)40-23-28-30-31(43-33(4,5)42-30)34(37,41-28)29-22-24-16-14-15-21-27(24)36(29)44(38,39)35(6)7/h8-22,28,30-31,37H,23H2,1-7H3/t28-,30-,31-,34?/m1/s1. The highest BCUT2D eigenvalue weighted by molar-refractivity contribution is 7.87. The SMILES string of the molecule is CN(C)S(=O)(=O)n1c(C2(O)O[C@H](CO[Si](c3ccccc3)(c3ccccc3)C(C)(C)C)[C@H]3OC(C)(C)O[C@H]32)cc2ccccc21. The number of benzene rings is 3. The average Bonchev–Trinajstić information content (AvgIpc) is 3.62. The Balaban J connectivity index is 1.46. The molecular formula is C34H42N2O7SSi. The van der Waals surface area contributed by atoms with Crippen molar-refractivity contribution in [1.29, 1.82) is 0 Å². The number of aliphatic hydroxyl groups is 1. The first-order valence-corrected chi connectivity index (χ1v) is 18.5. The third kappa shape index (κ3) is 5.19. The smallest absolute Gasteiger partial charge is 0.307 e. The van der Waals surface area contributed by atoms with Crippen molar-refractivity contribution in [2.75, 3.05) is 20.7 Å². The molecule has 240 valence electrons. The first-order chi connectivity index (χ1) is 21.1. The van der Waals surface area contributed by atoms with E-state index >= 15 is 0 Å². The van der Waals surface area contributed by atoms with Crippen LogP contribution in [0.1, 0.15) is 40.3 Å². The van der Waals surface area contributed by atoms with Crippen LogP contribution < -0.4 is 10.4 Å². The molecule has 0 spiro atoms. The number of hydrogen-bond acceptors (Lipinski definition) is 7. The molecular weight excluding hydrogens is 609 g/mol. The van der Waals surface area contributed by atoms with Gasteiger partial charge < -0.3 is 23.7 Å². The summed E-state index contributed by atoms with van der Waals surface area (Å²) in [5, 5.41) is 15.1. The van der Waals surface area contributed by atoms with E-state index in [-0.39, 0.29) is 17.3 Å². The van der Waals surface area contributed by atoms with Crippen molar-refractivity contribution in [2.24, 2.45) is 0 Å². The summed E-state index contributed by atoms with van der Waals surface area (Å²) in [6.07, 6.45) is -2.55. The van der Waals surface area contributed by atoms with E-state index < -0.39 is 48.4 Å². The monoisotopic (exact) mass is 650 g/mol. The van der Waals surface area contributed by atoms with Crippen molar-refractivity contribution in [2.45, 2.75) is 69.5 Å². The Hall–Kier alpha value is -2.87. The van der Waals surface area contributed by atoms with Crippen LogP contribution in [0.2, 0.25) is 5.04 Å². The molecule has 1 aromatic heterocycles. The third-order valence-corrected chi connectivity index (χ3v) is 15.6. The van der Waals surface area contributed by atoms with E-state index in [1.54, 1.807) is 38.1 Å². The fraction of sp³-hybridized carbons (Fsp3) is 0.412. The molecule has 9 nitrogen and oxygen atoms in total. The Bertz CT molecular complexity index is 1750. The zero-order valence-corrected chi connectivity index (χ0v) is 28.6. The van der Waals surface area contributed by atoms with Crippen LogP contribution in [0.3, 0.4) is 0 Å². The zero-order valence-electron chi connectivity index (χ0n) is 26.8. The molecule has 11 heteroatoms. The second kappa shape index (κ2) is 11.1. The summed E-state index contributed by atoms with van der Waals surface area (Å²) in [4.78, 5) is 0. The molecule has 2 aliphatic rings. The van der Waals surface area contributed by atoms with Crippen LogP contribution in [0, 0.1) is 0 Å². The normalized spacial score (nSPS) is 25.2. The Morgan fingerprint density at radius 2 is 1.44 bits per heavy atom. The second-order valence-electron chi connectivity index (χ2n) is 13.5. The number of hydrogen-bond donors (Lipinski definition) is 1. The van der Waals surface area contributed by atoms with Crippen molar-refractivity contribution in [3.63, 3.8) is 0 Å². The summed E-state index contributed by atoms with van der Waals surface area (Å²) in [6, 6.07) is 29.3. The summed E-state index contributed by atoms with van der Waals surface area (Å²) in [7, 11) is -4.14. The predicted octanol–water partition coefficient (Wildman–Crippen LogP) is 3.94. The molecule has 45 heavy (non-hydrogen) atoms. The van der Waals surface area contributed by atoms with Gasteiger partial charge in [-0.3, -0.25) is 0 Å². The highest BCUT2D eigenvalue weighted by Gasteiger charge is 2.65. The first-order valence-electron chi connectivity index (χ1n) is 15.2. The van der Waals surface area contributed by atoms with E-state index in [1.807, 2.05) is 42.5 Å². The maximum atomic E-state index is 13.7. The molecule has 0 saturated carbocycles. The molecule has 1 N–H and O–H groups in total. The van der Waals surface area contributed by atoms with Crippen LogP contribution >= 0.6 is 0 Å². The van der Waals surface area contributed by atoms with Gasteiger partial charge in [-0.05, 0) is 41.4 Å². The van der Waals surface area contributed by atoms with Gasteiger partial charge in [0, 0.05) is 19.5 Å². The van der Waals surface area contributed by atoms with Gasteiger partial charge in [0.2, 0.25) is 5.79 Å². The molecule has 4 aromatic rings. The molecule has 0 bridgehead atoms. The predicted molar refractivity (Wildman–Crippen MR) is 176 cm³/mol. The van der Waals surface area contributed by atoms with Gasteiger partial charge in [0.1, 0.15) is 18.3 Å². The van der Waals surface area contributed by atoms with E-state index in [0.717, 1.165) is 18.7 Å². The van der Waals surface area contributed by atoms with Gasteiger partial charge >= 0.3 is 10.2 Å². The molecule has 4 atom stereocenters. The Labute approximate surface area is 266 Å². The lowest BCUT2D eigenvalue weighted by Crippen LogP contribution is -2.67. The van der Waals surface area contributed by atoms with Gasteiger partial charge in [-0.1, -0.05) is 99.6 Å². The average molecular weight is 651 g/mol. The van der Waals surface area contributed by atoms with E-state index in [9.17, 15) is 13.5 Å². The summed E-state index contributed by atoms with van der Waals surface area (Å²) in [6.45, 7) is 10.2. The maximum absolute atomic E-state index is 13.7. The summed E-state index contributed by atoms with van der Waals surface area (Å²) >= 11 is 0. The molecule has 2 saturated heterocycles. The Morgan fingerprint density at radius 1 is 0.889 bits per heavy atom. The highest BCUT2D eigenvalue weighted by Crippen LogP contribution is 2.49. The van der Waals surface area contributed by atoms with Gasteiger partial charge in [0.15, 0.2) is 5.79 Å². The maximum Gasteiger partial charge on any atom is 0.307 e.